The second kappa shape index (κ2) is 9.29. The third kappa shape index (κ3) is 5.66. The van der Waals surface area contributed by atoms with E-state index in [1.54, 1.807) is 53.2 Å². The van der Waals surface area contributed by atoms with Gasteiger partial charge in [0.1, 0.15) is 5.69 Å². The summed E-state index contributed by atoms with van der Waals surface area (Å²) in [6.07, 6.45) is 1.61. The average molecular weight is 467 g/mol. The SMILES string of the molecule is Cc1ccc(NS(=O)(=O)Cc2ccccc2)c[n+]1CC(=O)NCc1ccc2onc(N)c2c1. The summed E-state index contributed by atoms with van der Waals surface area (Å²) >= 11 is 0. The highest BCUT2D eigenvalue weighted by Gasteiger charge is 2.17. The molecule has 4 N–H and O–H groups in total. The number of amides is 1. The Morgan fingerprint density at radius 3 is 2.67 bits per heavy atom. The number of fused-ring (bicyclic) bond motifs is 1. The van der Waals surface area contributed by atoms with Crippen molar-refractivity contribution in [3.63, 3.8) is 0 Å². The van der Waals surface area contributed by atoms with Gasteiger partial charge in [0.2, 0.25) is 16.6 Å². The fourth-order valence-corrected chi connectivity index (χ4v) is 4.57. The first-order valence-electron chi connectivity index (χ1n) is 10.2. The number of nitrogens with zero attached hydrogens (tertiary/aromatic N) is 2. The highest BCUT2D eigenvalue weighted by molar-refractivity contribution is 7.91. The van der Waals surface area contributed by atoms with Gasteiger partial charge in [-0.15, -0.1) is 0 Å². The van der Waals surface area contributed by atoms with Gasteiger partial charge in [0.05, 0.1) is 11.1 Å². The molecule has 0 saturated carbocycles. The number of pyridine rings is 1. The van der Waals surface area contributed by atoms with Crippen LogP contribution in [0.4, 0.5) is 11.5 Å². The van der Waals surface area contributed by atoms with Gasteiger partial charge in [-0.2, -0.15) is 4.57 Å². The van der Waals surface area contributed by atoms with Gasteiger partial charge in [-0.05, 0) is 29.3 Å². The molecule has 0 aliphatic carbocycles. The molecule has 2 heterocycles. The number of anilines is 2. The van der Waals surface area contributed by atoms with Crippen LogP contribution in [0.15, 0.2) is 71.4 Å². The van der Waals surface area contributed by atoms with Gasteiger partial charge >= 0.3 is 0 Å². The monoisotopic (exact) mass is 466 g/mol. The third-order valence-electron chi connectivity index (χ3n) is 5.09. The highest BCUT2D eigenvalue weighted by atomic mass is 32.2. The number of hydrogen-bond acceptors (Lipinski definition) is 6. The van der Waals surface area contributed by atoms with E-state index >= 15 is 0 Å². The third-order valence-corrected chi connectivity index (χ3v) is 6.35. The number of hydrogen-bond donors (Lipinski definition) is 3. The Kier molecular flexibility index (Phi) is 6.27. The van der Waals surface area contributed by atoms with Crippen LogP contribution in [0.25, 0.3) is 11.0 Å². The van der Waals surface area contributed by atoms with E-state index in [0.29, 0.717) is 34.6 Å². The Hall–Kier alpha value is -3.92. The minimum Gasteiger partial charge on any atom is -0.380 e. The van der Waals surface area contributed by atoms with Crippen molar-refractivity contribution in [3.8, 4) is 0 Å². The number of aromatic nitrogens is 2. The molecule has 4 aromatic rings. The van der Waals surface area contributed by atoms with Crippen LogP contribution in [-0.4, -0.2) is 19.5 Å². The molecule has 0 aliphatic rings. The Morgan fingerprint density at radius 1 is 1.09 bits per heavy atom. The lowest BCUT2D eigenvalue weighted by Crippen LogP contribution is -2.45. The van der Waals surface area contributed by atoms with E-state index in [-0.39, 0.29) is 18.2 Å². The average Bonchev–Trinajstić information content (AvgIpc) is 3.15. The first-order valence-corrected chi connectivity index (χ1v) is 11.9. The predicted octanol–water partition coefficient (Wildman–Crippen LogP) is 2.26. The predicted molar refractivity (Wildman–Crippen MR) is 124 cm³/mol. The molecule has 0 atom stereocenters. The van der Waals surface area contributed by atoms with Crippen LogP contribution in [0, 0.1) is 6.92 Å². The van der Waals surface area contributed by atoms with Crippen molar-refractivity contribution in [3.05, 3.63) is 83.7 Å². The molecule has 0 fully saturated rings. The molecule has 2 aromatic heterocycles. The minimum atomic E-state index is -3.60. The highest BCUT2D eigenvalue weighted by Crippen LogP contribution is 2.21. The van der Waals surface area contributed by atoms with Crippen molar-refractivity contribution in [2.45, 2.75) is 25.8 Å². The Morgan fingerprint density at radius 2 is 1.88 bits per heavy atom. The molecule has 9 nitrogen and oxygen atoms in total. The van der Waals surface area contributed by atoms with Crippen molar-refractivity contribution in [1.29, 1.82) is 0 Å². The Bertz CT molecular complexity index is 1400. The number of nitrogens with one attached hydrogen (secondary N) is 2. The number of rotatable bonds is 8. The van der Waals surface area contributed by atoms with E-state index < -0.39 is 10.0 Å². The molecular weight excluding hydrogens is 442 g/mol. The maximum atomic E-state index is 12.5. The summed E-state index contributed by atoms with van der Waals surface area (Å²) in [6, 6.07) is 17.8. The van der Waals surface area contributed by atoms with Crippen LogP contribution in [0.3, 0.4) is 0 Å². The Balaban J connectivity index is 1.39. The van der Waals surface area contributed by atoms with Crippen LogP contribution in [0.2, 0.25) is 0 Å². The quantitative estimate of drug-likeness (QED) is 0.341. The fraction of sp³-hybridized carbons (Fsp3) is 0.174. The van der Waals surface area contributed by atoms with E-state index in [1.807, 2.05) is 25.1 Å². The van der Waals surface area contributed by atoms with Gasteiger partial charge in [0.15, 0.2) is 23.3 Å². The fourth-order valence-electron chi connectivity index (χ4n) is 3.38. The van der Waals surface area contributed by atoms with Gasteiger partial charge in [-0.3, -0.25) is 9.52 Å². The first kappa shape index (κ1) is 22.3. The maximum absolute atomic E-state index is 12.5. The number of nitrogen functional groups attached to an aromatic ring is 1. The number of nitrogens with two attached hydrogens (primary N) is 1. The first-order chi connectivity index (χ1) is 15.8. The van der Waals surface area contributed by atoms with E-state index in [2.05, 4.69) is 15.2 Å². The lowest BCUT2D eigenvalue weighted by molar-refractivity contribution is -0.689. The molecule has 0 unspecified atom stereocenters. The van der Waals surface area contributed by atoms with E-state index in [9.17, 15) is 13.2 Å². The molecule has 170 valence electrons. The van der Waals surface area contributed by atoms with Crippen molar-refractivity contribution in [2.24, 2.45) is 0 Å². The maximum Gasteiger partial charge on any atom is 0.286 e. The zero-order chi connectivity index (χ0) is 23.4. The summed E-state index contributed by atoms with van der Waals surface area (Å²) in [5.74, 6) is -0.0508. The van der Waals surface area contributed by atoms with Gasteiger partial charge in [-0.1, -0.05) is 41.6 Å². The van der Waals surface area contributed by atoms with Gasteiger partial charge in [0, 0.05) is 19.5 Å². The summed E-state index contributed by atoms with van der Waals surface area (Å²) in [4.78, 5) is 12.5. The van der Waals surface area contributed by atoms with E-state index in [0.717, 1.165) is 11.3 Å². The summed E-state index contributed by atoms with van der Waals surface area (Å²) in [7, 11) is -3.60. The minimum absolute atomic E-state index is 0.0394. The van der Waals surface area contributed by atoms with Gasteiger partial charge in [0.25, 0.3) is 5.91 Å². The molecule has 33 heavy (non-hydrogen) atoms. The van der Waals surface area contributed by atoms with Crippen LogP contribution in [-0.2, 0) is 33.7 Å². The van der Waals surface area contributed by atoms with Gasteiger partial charge < -0.3 is 15.6 Å². The molecule has 0 aliphatic heterocycles. The standard InChI is InChI=1S/C23H23N5O4S/c1-16-7-9-19(27-33(30,31)15-17-5-3-2-4-6-17)13-28(16)14-22(29)25-12-18-8-10-21-20(11-18)23(24)26-32-21/h2-11,13,27H,12,14-15H2,1H3,(H2-,24,25,26,29)/p+1. The summed E-state index contributed by atoms with van der Waals surface area (Å²) < 4.78 is 34.4. The molecule has 0 radical (unpaired) electrons. The molecule has 2 aromatic carbocycles. The van der Waals surface area contributed by atoms with Crippen LogP contribution >= 0.6 is 0 Å². The largest absolute Gasteiger partial charge is 0.380 e. The lowest BCUT2D eigenvalue weighted by atomic mass is 10.1. The number of sulfonamides is 1. The zero-order valence-corrected chi connectivity index (χ0v) is 18.8. The molecule has 10 heteroatoms. The number of aryl methyl sites for hydroxylation is 1. The van der Waals surface area contributed by atoms with Crippen LogP contribution in [0.1, 0.15) is 16.8 Å². The summed E-state index contributed by atoms with van der Waals surface area (Å²) in [5, 5.41) is 7.28. The van der Waals surface area contributed by atoms with Crippen LogP contribution < -0.4 is 20.3 Å². The molecule has 0 bridgehead atoms. The van der Waals surface area contributed by atoms with Crippen LogP contribution in [0.5, 0.6) is 0 Å². The second-order valence-corrected chi connectivity index (χ2v) is 9.43. The second-order valence-electron chi connectivity index (χ2n) is 7.71. The van der Waals surface area contributed by atoms with Crippen molar-refractivity contribution >= 4 is 38.4 Å². The van der Waals surface area contributed by atoms with Crippen molar-refractivity contribution in [1.82, 2.24) is 10.5 Å². The van der Waals surface area contributed by atoms with Crippen molar-refractivity contribution < 1.29 is 22.3 Å². The molecular formula is C23H24N5O4S+. The molecule has 1 amide bonds. The normalized spacial score (nSPS) is 11.4. The summed E-state index contributed by atoms with van der Waals surface area (Å²) in [6.45, 7) is 2.19. The van der Waals surface area contributed by atoms with E-state index in [4.69, 9.17) is 10.3 Å². The lowest BCUT2D eigenvalue weighted by Gasteiger charge is -2.09. The molecule has 0 saturated heterocycles. The smallest absolute Gasteiger partial charge is 0.286 e. The molecule has 4 rings (SSSR count). The topological polar surface area (TPSA) is 131 Å². The molecule has 0 spiro atoms. The van der Waals surface area contributed by atoms with Gasteiger partial charge in [-0.25, -0.2) is 8.42 Å². The number of carbonyl (C=O) groups is 1. The number of carbonyl (C=O) groups excluding carboxylic acids is 1. The van der Waals surface area contributed by atoms with E-state index in [1.165, 1.54) is 0 Å². The summed E-state index contributed by atoms with van der Waals surface area (Å²) in [5.41, 5.74) is 9.11. The Labute approximate surface area is 191 Å². The van der Waals surface area contributed by atoms with Crippen molar-refractivity contribution in [2.75, 3.05) is 10.5 Å². The zero-order valence-electron chi connectivity index (χ0n) is 18.0. The number of benzene rings is 2.